The number of amides is 1. The fourth-order valence-electron chi connectivity index (χ4n) is 1.41. The predicted molar refractivity (Wildman–Crippen MR) is 63.2 cm³/mol. The van der Waals surface area contributed by atoms with Crippen LogP contribution in [-0.4, -0.2) is 10.9 Å². The van der Waals surface area contributed by atoms with Gasteiger partial charge < -0.3 is 5.73 Å². The topological polar surface area (TPSA) is 56.0 Å². The Hall–Kier alpha value is -1.87. The Bertz CT molecular complexity index is 540. The normalized spacial score (nSPS) is 10.1. The SMILES string of the molecule is NC(=O)c1cc(-c2cccc(Cl)c2)ccn1. The van der Waals surface area contributed by atoms with E-state index in [0.717, 1.165) is 11.1 Å². The highest BCUT2D eigenvalue weighted by molar-refractivity contribution is 6.30. The van der Waals surface area contributed by atoms with Gasteiger partial charge in [0.1, 0.15) is 5.69 Å². The third-order valence-corrected chi connectivity index (χ3v) is 2.41. The summed E-state index contributed by atoms with van der Waals surface area (Å²) in [5, 5.41) is 0.648. The second kappa shape index (κ2) is 4.33. The van der Waals surface area contributed by atoms with Crippen molar-refractivity contribution >= 4 is 17.5 Å². The molecule has 2 aromatic rings. The molecule has 80 valence electrons. The number of pyridine rings is 1. The molecule has 0 aliphatic rings. The molecule has 1 amide bonds. The summed E-state index contributed by atoms with van der Waals surface area (Å²) in [6.07, 6.45) is 1.55. The van der Waals surface area contributed by atoms with Crippen molar-refractivity contribution < 1.29 is 4.79 Å². The summed E-state index contributed by atoms with van der Waals surface area (Å²) in [5.41, 5.74) is 7.21. The fraction of sp³-hybridized carbons (Fsp3) is 0. The number of hydrogen-bond acceptors (Lipinski definition) is 2. The average molecular weight is 233 g/mol. The summed E-state index contributed by atoms with van der Waals surface area (Å²) in [6, 6.07) is 10.8. The van der Waals surface area contributed by atoms with Crippen molar-refractivity contribution in [1.29, 1.82) is 0 Å². The molecule has 0 saturated carbocycles. The van der Waals surface area contributed by atoms with Crippen molar-refractivity contribution in [2.24, 2.45) is 5.73 Å². The van der Waals surface area contributed by atoms with E-state index in [0.29, 0.717) is 5.02 Å². The monoisotopic (exact) mass is 232 g/mol. The molecular formula is C12H9ClN2O. The molecule has 4 heteroatoms. The number of hydrogen-bond donors (Lipinski definition) is 1. The molecule has 0 bridgehead atoms. The van der Waals surface area contributed by atoms with E-state index in [2.05, 4.69) is 4.98 Å². The Morgan fingerprint density at radius 1 is 1.19 bits per heavy atom. The van der Waals surface area contributed by atoms with Gasteiger partial charge in [0.2, 0.25) is 0 Å². The van der Waals surface area contributed by atoms with Crippen molar-refractivity contribution in [3.8, 4) is 11.1 Å². The van der Waals surface area contributed by atoms with Gasteiger partial charge in [0.15, 0.2) is 0 Å². The quantitative estimate of drug-likeness (QED) is 0.865. The molecule has 0 atom stereocenters. The van der Waals surface area contributed by atoms with Gasteiger partial charge in [-0.2, -0.15) is 0 Å². The lowest BCUT2D eigenvalue weighted by molar-refractivity contribution is 0.0995. The number of aromatic nitrogens is 1. The van der Waals surface area contributed by atoms with E-state index in [-0.39, 0.29) is 5.69 Å². The van der Waals surface area contributed by atoms with E-state index < -0.39 is 5.91 Å². The molecule has 1 heterocycles. The van der Waals surface area contributed by atoms with Gasteiger partial charge in [-0.15, -0.1) is 0 Å². The van der Waals surface area contributed by atoms with Crippen molar-refractivity contribution in [3.63, 3.8) is 0 Å². The van der Waals surface area contributed by atoms with Gasteiger partial charge in [-0.25, -0.2) is 0 Å². The highest BCUT2D eigenvalue weighted by atomic mass is 35.5. The molecule has 0 fully saturated rings. The molecule has 1 aromatic heterocycles. The average Bonchev–Trinajstić information content (AvgIpc) is 2.29. The predicted octanol–water partition coefficient (Wildman–Crippen LogP) is 2.50. The summed E-state index contributed by atoms with van der Waals surface area (Å²) in [7, 11) is 0. The van der Waals surface area contributed by atoms with Gasteiger partial charge in [-0.1, -0.05) is 23.7 Å². The van der Waals surface area contributed by atoms with Gasteiger partial charge in [0.25, 0.3) is 5.91 Å². The second-order valence-corrected chi connectivity index (χ2v) is 3.74. The number of carbonyl (C=O) groups is 1. The first-order valence-electron chi connectivity index (χ1n) is 4.68. The van der Waals surface area contributed by atoms with E-state index in [1.807, 2.05) is 18.2 Å². The lowest BCUT2D eigenvalue weighted by Crippen LogP contribution is -2.12. The molecule has 16 heavy (non-hydrogen) atoms. The smallest absolute Gasteiger partial charge is 0.267 e. The lowest BCUT2D eigenvalue weighted by atomic mass is 10.1. The minimum absolute atomic E-state index is 0.248. The van der Waals surface area contributed by atoms with Crippen LogP contribution in [0.2, 0.25) is 5.02 Å². The first-order chi connectivity index (χ1) is 7.66. The summed E-state index contributed by atoms with van der Waals surface area (Å²) in [4.78, 5) is 14.9. The fourth-order valence-corrected chi connectivity index (χ4v) is 1.60. The molecule has 0 saturated heterocycles. The number of halogens is 1. The zero-order valence-electron chi connectivity index (χ0n) is 8.35. The Morgan fingerprint density at radius 2 is 1.94 bits per heavy atom. The Kier molecular flexibility index (Phi) is 2.88. The van der Waals surface area contributed by atoms with Gasteiger partial charge in [-0.3, -0.25) is 9.78 Å². The number of rotatable bonds is 2. The van der Waals surface area contributed by atoms with E-state index in [9.17, 15) is 4.79 Å². The molecule has 1 aromatic carbocycles. The standard InChI is InChI=1S/C12H9ClN2O/c13-10-3-1-2-8(6-10)9-4-5-15-11(7-9)12(14)16/h1-7H,(H2,14,16). The van der Waals surface area contributed by atoms with Crippen molar-refractivity contribution in [2.45, 2.75) is 0 Å². The minimum Gasteiger partial charge on any atom is -0.364 e. The zero-order valence-corrected chi connectivity index (χ0v) is 9.11. The molecule has 0 radical (unpaired) electrons. The Labute approximate surface area is 97.9 Å². The van der Waals surface area contributed by atoms with Gasteiger partial charge in [0.05, 0.1) is 0 Å². The Morgan fingerprint density at radius 3 is 2.62 bits per heavy atom. The number of benzene rings is 1. The molecular weight excluding hydrogens is 224 g/mol. The molecule has 0 aliphatic heterocycles. The maximum absolute atomic E-state index is 11.0. The Balaban J connectivity index is 2.48. The molecule has 0 spiro atoms. The van der Waals surface area contributed by atoms with Crippen LogP contribution in [0.25, 0.3) is 11.1 Å². The maximum Gasteiger partial charge on any atom is 0.267 e. The van der Waals surface area contributed by atoms with E-state index in [1.54, 1.807) is 24.4 Å². The van der Waals surface area contributed by atoms with E-state index >= 15 is 0 Å². The van der Waals surface area contributed by atoms with Crippen LogP contribution in [0.15, 0.2) is 42.6 Å². The van der Waals surface area contributed by atoms with Crippen molar-refractivity contribution in [1.82, 2.24) is 4.98 Å². The molecule has 0 unspecified atom stereocenters. The number of nitrogens with zero attached hydrogens (tertiary/aromatic N) is 1. The number of carbonyl (C=O) groups excluding carboxylic acids is 1. The number of primary amides is 1. The largest absolute Gasteiger partial charge is 0.364 e. The summed E-state index contributed by atoms with van der Waals surface area (Å²) >= 11 is 5.89. The van der Waals surface area contributed by atoms with E-state index in [4.69, 9.17) is 17.3 Å². The van der Waals surface area contributed by atoms with Crippen molar-refractivity contribution in [2.75, 3.05) is 0 Å². The van der Waals surface area contributed by atoms with Crippen molar-refractivity contribution in [3.05, 3.63) is 53.3 Å². The molecule has 0 aliphatic carbocycles. The van der Waals surface area contributed by atoms with Gasteiger partial charge >= 0.3 is 0 Å². The van der Waals surface area contributed by atoms with Crippen LogP contribution in [0.1, 0.15) is 10.5 Å². The van der Waals surface area contributed by atoms with Gasteiger partial charge in [-0.05, 0) is 35.4 Å². The van der Waals surface area contributed by atoms with Crippen LogP contribution in [0, 0.1) is 0 Å². The van der Waals surface area contributed by atoms with E-state index in [1.165, 1.54) is 0 Å². The van der Waals surface area contributed by atoms with Crippen LogP contribution in [-0.2, 0) is 0 Å². The van der Waals surface area contributed by atoms with Crippen LogP contribution in [0.4, 0.5) is 0 Å². The summed E-state index contributed by atoms with van der Waals surface area (Å²) < 4.78 is 0. The first-order valence-corrected chi connectivity index (χ1v) is 5.06. The molecule has 2 rings (SSSR count). The second-order valence-electron chi connectivity index (χ2n) is 3.30. The van der Waals surface area contributed by atoms with Crippen LogP contribution in [0.3, 0.4) is 0 Å². The highest BCUT2D eigenvalue weighted by Gasteiger charge is 2.04. The minimum atomic E-state index is -0.538. The number of nitrogens with two attached hydrogens (primary N) is 1. The highest BCUT2D eigenvalue weighted by Crippen LogP contribution is 2.22. The first kappa shape index (κ1) is 10.6. The molecule has 3 nitrogen and oxygen atoms in total. The third-order valence-electron chi connectivity index (χ3n) is 2.17. The maximum atomic E-state index is 11.0. The summed E-state index contributed by atoms with van der Waals surface area (Å²) in [5.74, 6) is -0.538. The van der Waals surface area contributed by atoms with Crippen LogP contribution in [0.5, 0.6) is 0 Å². The lowest BCUT2D eigenvalue weighted by Gasteiger charge is -2.03. The zero-order chi connectivity index (χ0) is 11.5. The van der Waals surface area contributed by atoms with Crippen LogP contribution >= 0.6 is 11.6 Å². The third kappa shape index (κ3) is 2.20. The van der Waals surface area contributed by atoms with Crippen LogP contribution < -0.4 is 5.73 Å². The summed E-state index contributed by atoms with van der Waals surface area (Å²) in [6.45, 7) is 0. The van der Waals surface area contributed by atoms with Gasteiger partial charge in [0, 0.05) is 11.2 Å². The molecule has 2 N–H and O–H groups in total.